The maximum absolute atomic E-state index is 14.4. The van der Waals surface area contributed by atoms with Gasteiger partial charge in [-0.05, 0) is 66.8 Å². The van der Waals surface area contributed by atoms with Crippen molar-refractivity contribution < 1.29 is 4.39 Å². The average molecular weight is 486 g/mol. The molecule has 2 aromatic heterocycles. The monoisotopic (exact) mass is 485 g/mol. The Bertz CT molecular complexity index is 1350. The number of aliphatic imine (C=N–C) groups is 1. The SMILES string of the molecule is C.N[C@H]1c2cccc(F)c2CC12CCN(c1cnc3c(n1)CN=C3N1CCCc3ncccc31)CC2. The van der Waals surface area contributed by atoms with Gasteiger partial charge in [0.25, 0.3) is 0 Å². The number of aryl methyl sites for hydroxylation is 1. The van der Waals surface area contributed by atoms with Crippen LogP contribution in [0.15, 0.2) is 47.7 Å². The molecule has 36 heavy (non-hydrogen) atoms. The van der Waals surface area contributed by atoms with Crippen molar-refractivity contribution in [3.8, 4) is 0 Å². The van der Waals surface area contributed by atoms with E-state index < -0.39 is 0 Å². The summed E-state index contributed by atoms with van der Waals surface area (Å²) in [6.07, 6.45) is 8.35. The van der Waals surface area contributed by atoms with Gasteiger partial charge in [0, 0.05) is 31.9 Å². The molecular formula is C28H32FN7. The highest BCUT2D eigenvalue weighted by Crippen LogP contribution is 2.51. The minimum absolute atomic E-state index is 0. The van der Waals surface area contributed by atoms with Gasteiger partial charge < -0.3 is 15.5 Å². The fourth-order valence-electron chi connectivity index (χ4n) is 6.43. The van der Waals surface area contributed by atoms with E-state index in [0.29, 0.717) is 6.54 Å². The second-order valence-corrected chi connectivity index (χ2v) is 10.2. The largest absolute Gasteiger partial charge is 0.355 e. The standard InChI is InChI=1S/C27H28FN7.CH4/c28-19-5-1-4-17-18(19)14-27(25(17)29)8-12-34(13-9-27)23-16-31-24-21(33-23)15-32-26(24)35-11-3-6-20-22(35)7-2-10-30-20;/h1-2,4-5,7,10,16,25H,3,6,8-9,11-15,29H2;1H4/t25-;/m0./s1. The molecular weight excluding hydrogens is 453 g/mol. The van der Waals surface area contributed by atoms with E-state index in [-0.39, 0.29) is 24.7 Å². The Labute approximate surface area is 211 Å². The molecule has 3 aliphatic heterocycles. The third-order valence-corrected chi connectivity index (χ3v) is 8.39. The van der Waals surface area contributed by atoms with E-state index in [1.807, 2.05) is 24.5 Å². The summed E-state index contributed by atoms with van der Waals surface area (Å²) in [5, 5.41) is 0. The van der Waals surface area contributed by atoms with Gasteiger partial charge in [0.1, 0.15) is 17.3 Å². The van der Waals surface area contributed by atoms with Crippen LogP contribution in [0.4, 0.5) is 15.9 Å². The summed E-state index contributed by atoms with van der Waals surface area (Å²) in [5.74, 6) is 1.68. The van der Waals surface area contributed by atoms with Crippen molar-refractivity contribution in [2.24, 2.45) is 16.1 Å². The number of fused-ring (bicyclic) bond motifs is 3. The zero-order valence-electron chi connectivity index (χ0n) is 19.6. The highest BCUT2D eigenvalue weighted by molar-refractivity contribution is 6.11. The molecule has 7 nitrogen and oxygen atoms in total. The van der Waals surface area contributed by atoms with E-state index in [1.54, 1.807) is 12.1 Å². The highest BCUT2D eigenvalue weighted by atomic mass is 19.1. The summed E-state index contributed by atoms with van der Waals surface area (Å²) < 4.78 is 14.4. The lowest BCUT2D eigenvalue weighted by atomic mass is 9.73. The molecule has 0 bridgehead atoms. The number of anilines is 2. The summed E-state index contributed by atoms with van der Waals surface area (Å²) in [5.41, 5.74) is 12.4. The molecule has 1 spiro atoms. The number of halogens is 1. The number of hydrogen-bond donors (Lipinski definition) is 1. The van der Waals surface area contributed by atoms with Crippen LogP contribution in [0.2, 0.25) is 0 Å². The Balaban J connectivity index is 0.00000240. The zero-order valence-corrected chi connectivity index (χ0v) is 19.6. The molecule has 1 fully saturated rings. The van der Waals surface area contributed by atoms with Crippen LogP contribution in [0.25, 0.3) is 0 Å². The number of pyridine rings is 1. The van der Waals surface area contributed by atoms with Crippen LogP contribution in [-0.4, -0.2) is 40.4 Å². The van der Waals surface area contributed by atoms with Crippen LogP contribution >= 0.6 is 0 Å². The number of rotatable bonds is 1. The van der Waals surface area contributed by atoms with E-state index in [1.165, 1.54) is 0 Å². The van der Waals surface area contributed by atoms with Crippen molar-refractivity contribution in [2.75, 3.05) is 29.4 Å². The Morgan fingerprint density at radius 2 is 1.89 bits per heavy atom. The molecule has 1 aromatic carbocycles. The van der Waals surface area contributed by atoms with Crippen LogP contribution < -0.4 is 15.5 Å². The fraction of sp³-hybridized carbons (Fsp3) is 0.429. The first-order chi connectivity index (χ1) is 17.1. The second-order valence-electron chi connectivity index (χ2n) is 10.2. The predicted molar refractivity (Wildman–Crippen MR) is 140 cm³/mol. The first-order valence-corrected chi connectivity index (χ1v) is 12.5. The van der Waals surface area contributed by atoms with E-state index in [0.717, 1.165) is 97.3 Å². The Kier molecular flexibility index (Phi) is 5.52. The second kappa shape index (κ2) is 8.62. The smallest absolute Gasteiger partial charge is 0.156 e. The molecule has 1 atom stereocenters. The first-order valence-electron chi connectivity index (χ1n) is 12.5. The van der Waals surface area contributed by atoms with Gasteiger partial charge in [-0.25, -0.2) is 14.4 Å². The number of amidine groups is 1. The molecule has 0 radical (unpaired) electrons. The normalized spacial score (nSPS) is 21.5. The van der Waals surface area contributed by atoms with Crippen LogP contribution in [0.5, 0.6) is 0 Å². The molecule has 0 saturated carbocycles. The van der Waals surface area contributed by atoms with Crippen molar-refractivity contribution in [1.29, 1.82) is 0 Å². The summed E-state index contributed by atoms with van der Waals surface area (Å²) in [7, 11) is 0. The van der Waals surface area contributed by atoms with Crippen molar-refractivity contribution in [2.45, 2.75) is 52.1 Å². The van der Waals surface area contributed by atoms with Gasteiger partial charge in [-0.3, -0.25) is 9.98 Å². The molecule has 0 amide bonds. The molecule has 186 valence electrons. The maximum atomic E-state index is 14.4. The summed E-state index contributed by atoms with van der Waals surface area (Å²) >= 11 is 0. The molecule has 3 aromatic rings. The molecule has 7 rings (SSSR count). The maximum Gasteiger partial charge on any atom is 0.156 e. The van der Waals surface area contributed by atoms with Gasteiger partial charge in [0.05, 0.1) is 29.8 Å². The third-order valence-electron chi connectivity index (χ3n) is 8.39. The van der Waals surface area contributed by atoms with Crippen LogP contribution in [0, 0.1) is 11.2 Å². The third kappa shape index (κ3) is 3.42. The summed E-state index contributed by atoms with van der Waals surface area (Å²) in [4.78, 5) is 23.7. The molecule has 1 saturated heterocycles. The number of nitrogens with zero attached hydrogens (tertiary/aromatic N) is 6. The van der Waals surface area contributed by atoms with Gasteiger partial charge in [-0.1, -0.05) is 19.6 Å². The predicted octanol–water partition coefficient (Wildman–Crippen LogP) is 4.20. The minimum Gasteiger partial charge on any atom is -0.355 e. The van der Waals surface area contributed by atoms with Gasteiger partial charge in [-0.15, -0.1) is 0 Å². The highest BCUT2D eigenvalue weighted by Gasteiger charge is 2.47. The summed E-state index contributed by atoms with van der Waals surface area (Å²) in [6, 6.07) is 9.30. The number of hydrogen-bond acceptors (Lipinski definition) is 7. The number of benzene rings is 1. The van der Waals surface area contributed by atoms with E-state index in [4.69, 9.17) is 20.7 Å². The zero-order chi connectivity index (χ0) is 23.6. The Morgan fingerprint density at radius 3 is 2.72 bits per heavy atom. The van der Waals surface area contributed by atoms with E-state index in [9.17, 15) is 4.39 Å². The Hall–Kier alpha value is -3.39. The van der Waals surface area contributed by atoms with Crippen LogP contribution in [-0.2, 0) is 19.4 Å². The molecule has 2 N–H and O–H groups in total. The topological polar surface area (TPSA) is 83.5 Å². The number of nitrogens with two attached hydrogens (primary N) is 1. The van der Waals surface area contributed by atoms with Gasteiger partial charge >= 0.3 is 0 Å². The van der Waals surface area contributed by atoms with Gasteiger partial charge in [0.15, 0.2) is 5.84 Å². The summed E-state index contributed by atoms with van der Waals surface area (Å²) in [6.45, 7) is 3.15. The molecule has 4 aliphatic rings. The molecule has 8 heteroatoms. The van der Waals surface area contributed by atoms with Gasteiger partial charge in [-0.2, -0.15) is 0 Å². The average Bonchev–Trinajstić information content (AvgIpc) is 3.44. The quantitative estimate of drug-likeness (QED) is 0.556. The minimum atomic E-state index is -0.121. The van der Waals surface area contributed by atoms with Gasteiger partial charge in [0.2, 0.25) is 0 Å². The lowest BCUT2D eigenvalue weighted by Gasteiger charge is -2.42. The van der Waals surface area contributed by atoms with Crippen molar-refractivity contribution in [1.82, 2.24) is 15.0 Å². The number of aromatic nitrogens is 3. The molecule has 5 heterocycles. The van der Waals surface area contributed by atoms with Crippen LogP contribution in [0.3, 0.4) is 0 Å². The molecule has 0 unspecified atom stereocenters. The molecule has 1 aliphatic carbocycles. The van der Waals surface area contributed by atoms with Crippen molar-refractivity contribution in [3.05, 3.63) is 76.8 Å². The lowest BCUT2D eigenvalue weighted by molar-refractivity contribution is 0.186. The fourth-order valence-corrected chi connectivity index (χ4v) is 6.43. The van der Waals surface area contributed by atoms with E-state index >= 15 is 0 Å². The Morgan fingerprint density at radius 1 is 1.03 bits per heavy atom. The van der Waals surface area contributed by atoms with E-state index in [2.05, 4.69) is 20.9 Å². The first kappa shape index (κ1) is 23.0. The van der Waals surface area contributed by atoms with Crippen LogP contribution in [0.1, 0.15) is 60.9 Å². The van der Waals surface area contributed by atoms with Crippen molar-refractivity contribution in [3.63, 3.8) is 0 Å². The van der Waals surface area contributed by atoms with Crippen molar-refractivity contribution >= 4 is 17.3 Å². The lowest BCUT2D eigenvalue weighted by Crippen LogP contribution is -2.44. The number of piperidine rings is 1.